The van der Waals surface area contributed by atoms with E-state index in [0.717, 1.165) is 11.4 Å². The highest BCUT2D eigenvalue weighted by molar-refractivity contribution is 5.38. The zero-order valence-electron chi connectivity index (χ0n) is 8.29. The Bertz CT molecular complexity index is 438. The van der Waals surface area contributed by atoms with E-state index in [4.69, 9.17) is 0 Å². The maximum atomic E-state index is 13.5. The predicted molar refractivity (Wildman–Crippen MR) is 55.2 cm³/mol. The topological polar surface area (TPSA) is 4.93 Å². The van der Waals surface area contributed by atoms with Gasteiger partial charge in [-0.2, -0.15) is 0 Å². The van der Waals surface area contributed by atoms with Crippen molar-refractivity contribution in [3.63, 3.8) is 0 Å². The molecule has 0 saturated heterocycles. The molecule has 14 heavy (non-hydrogen) atoms. The number of hydrogen-bond donors (Lipinski definition) is 0. The summed E-state index contributed by atoms with van der Waals surface area (Å²) < 4.78 is 15.4. The van der Waals surface area contributed by atoms with Gasteiger partial charge in [0.2, 0.25) is 0 Å². The molecule has 0 N–H and O–H groups in total. The first kappa shape index (κ1) is 9.00. The van der Waals surface area contributed by atoms with E-state index < -0.39 is 0 Å². The van der Waals surface area contributed by atoms with Crippen LogP contribution >= 0.6 is 0 Å². The average molecular weight is 189 g/mol. The van der Waals surface area contributed by atoms with E-state index in [0.29, 0.717) is 5.69 Å². The lowest BCUT2D eigenvalue weighted by Gasteiger charge is -2.09. The van der Waals surface area contributed by atoms with Gasteiger partial charge in [0.15, 0.2) is 0 Å². The maximum absolute atomic E-state index is 13.5. The minimum atomic E-state index is -0.185. The molecule has 0 saturated carbocycles. The van der Waals surface area contributed by atoms with E-state index >= 15 is 0 Å². The molecule has 0 unspecified atom stereocenters. The van der Waals surface area contributed by atoms with E-state index in [-0.39, 0.29) is 5.82 Å². The highest BCUT2D eigenvalue weighted by Crippen LogP contribution is 2.18. The van der Waals surface area contributed by atoms with Gasteiger partial charge in [0.25, 0.3) is 0 Å². The fourth-order valence-corrected chi connectivity index (χ4v) is 1.68. The van der Waals surface area contributed by atoms with Crippen LogP contribution in [0.15, 0.2) is 36.4 Å². The van der Waals surface area contributed by atoms with Gasteiger partial charge < -0.3 is 4.57 Å². The first-order valence-electron chi connectivity index (χ1n) is 4.60. The van der Waals surface area contributed by atoms with Crippen molar-refractivity contribution >= 4 is 0 Å². The number of aryl methyl sites for hydroxylation is 2. The molecule has 1 aromatic carbocycles. The molecule has 0 amide bonds. The van der Waals surface area contributed by atoms with Gasteiger partial charge in [0, 0.05) is 11.4 Å². The van der Waals surface area contributed by atoms with E-state index in [9.17, 15) is 4.39 Å². The predicted octanol–water partition coefficient (Wildman–Crippen LogP) is 3.23. The quantitative estimate of drug-likeness (QED) is 0.649. The van der Waals surface area contributed by atoms with Crippen molar-refractivity contribution in [3.8, 4) is 5.69 Å². The van der Waals surface area contributed by atoms with Gasteiger partial charge in [-0.15, -0.1) is 0 Å². The number of halogens is 1. The van der Waals surface area contributed by atoms with Crippen molar-refractivity contribution < 1.29 is 4.39 Å². The van der Waals surface area contributed by atoms with Crippen LogP contribution in [0.1, 0.15) is 11.4 Å². The van der Waals surface area contributed by atoms with Crippen molar-refractivity contribution in [1.82, 2.24) is 4.57 Å². The van der Waals surface area contributed by atoms with Crippen LogP contribution in [-0.2, 0) is 0 Å². The van der Waals surface area contributed by atoms with Crippen LogP contribution in [0, 0.1) is 19.7 Å². The molecule has 1 heterocycles. The molecule has 0 bridgehead atoms. The molecule has 1 aromatic heterocycles. The number of para-hydroxylation sites is 1. The molecule has 72 valence electrons. The fraction of sp³-hybridized carbons (Fsp3) is 0.167. The minimum absolute atomic E-state index is 0.185. The molecule has 0 radical (unpaired) electrons. The summed E-state index contributed by atoms with van der Waals surface area (Å²) in [5, 5.41) is 0. The zero-order valence-corrected chi connectivity index (χ0v) is 8.29. The Hall–Kier alpha value is -1.57. The van der Waals surface area contributed by atoms with Crippen LogP contribution < -0.4 is 0 Å². The highest BCUT2D eigenvalue weighted by Gasteiger charge is 2.07. The molecule has 2 aromatic rings. The van der Waals surface area contributed by atoms with E-state index in [1.165, 1.54) is 6.07 Å². The van der Waals surface area contributed by atoms with E-state index in [2.05, 4.69) is 0 Å². The molecule has 0 atom stereocenters. The minimum Gasteiger partial charge on any atom is -0.316 e. The third-order valence-electron chi connectivity index (χ3n) is 2.36. The normalized spacial score (nSPS) is 10.5. The van der Waals surface area contributed by atoms with Crippen LogP contribution in [0.4, 0.5) is 4.39 Å². The molecular formula is C12H12FN. The van der Waals surface area contributed by atoms with Gasteiger partial charge >= 0.3 is 0 Å². The summed E-state index contributed by atoms with van der Waals surface area (Å²) in [5.41, 5.74) is 2.72. The van der Waals surface area contributed by atoms with Crippen LogP contribution in [0.2, 0.25) is 0 Å². The van der Waals surface area contributed by atoms with Crippen molar-refractivity contribution in [2.75, 3.05) is 0 Å². The maximum Gasteiger partial charge on any atom is 0.147 e. The Morgan fingerprint density at radius 3 is 2.07 bits per heavy atom. The summed E-state index contributed by atoms with van der Waals surface area (Å²) in [7, 11) is 0. The Labute approximate surface area is 82.8 Å². The smallest absolute Gasteiger partial charge is 0.147 e. The highest BCUT2D eigenvalue weighted by atomic mass is 19.1. The molecule has 0 spiro atoms. The second kappa shape index (κ2) is 3.29. The lowest BCUT2D eigenvalue weighted by Crippen LogP contribution is -2.00. The van der Waals surface area contributed by atoms with Crippen LogP contribution in [0.5, 0.6) is 0 Å². The van der Waals surface area contributed by atoms with Crippen LogP contribution in [-0.4, -0.2) is 4.57 Å². The summed E-state index contributed by atoms with van der Waals surface area (Å²) in [5.74, 6) is -0.185. The molecular weight excluding hydrogens is 177 g/mol. The Kier molecular flexibility index (Phi) is 2.12. The van der Waals surface area contributed by atoms with Crippen molar-refractivity contribution in [2.45, 2.75) is 13.8 Å². The van der Waals surface area contributed by atoms with Crippen LogP contribution in [0.25, 0.3) is 5.69 Å². The molecule has 0 aliphatic carbocycles. The number of aromatic nitrogens is 1. The molecule has 2 heteroatoms. The van der Waals surface area contributed by atoms with Gasteiger partial charge in [-0.3, -0.25) is 0 Å². The Balaban J connectivity index is 2.66. The third-order valence-corrected chi connectivity index (χ3v) is 2.36. The largest absolute Gasteiger partial charge is 0.316 e. The van der Waals surface area contributed by atoms with Gasteiger partial charge in [-0.25, -0.2) is 4.39 Å². The molecule has 2 rings (SSSR count). The lowest BCUT2D eigenvalue weighted by atomic mass is 10.3. The van der Waals surface area contributed by atoms with Gasteiger partial charge in [-0.1, -0.05) is 12.1 Å². The summed E-state index contributed by atoms with van der Waals surface area (Å²) in [6.45, 7) is 3.94. The third kappa shape index (κ3) is 1.33. The van der Waals surface area contributed by atoms with Gasteiger partial charge in [-0.05, 0) is 38.1 Å². The van der Waals surface area contributed by atoms with Crippen LogP contribution in [0.3, 0.4) is 0 Å². The monoisotopic (exact) mass is 189 g/mol. The lowest BCUT2D eigenvalue weighted by molar-refractivity contribution is 0.616. The van der Waals surface area contributed by atoms with Gasteiger partial charge in [0.1, 0.15) is 5.82 Å². The molecule has 1 nitrogen and oxygen atoms in total. The van der Waals surface area contributed by atoms with Crippen molar-refractivity contribution in [2.24, 2.45) is 0 Å². The van der Waals surface area contributed by atoms with Crippen molar-refractivity contribution in [3.05, 3.63) is 53.6 Å². The summed E-state index contributed by atoms with van der Waals surface area (Å²) in [6, 6.07) is 10.8. The summed E-state index contributed by atoms with van der Waals surface area (Å²) in [6.07, 6.45) is 0. The second-order valence-corrected chi connectivity index (χ2v) is 3.40. The second-order valence-electron chi connectivity index (χ2n) is 3.40. The Morgan fingerprint density at radius 1 is 0.929 bits per heavy atom. The number of hydrogen-bond acceptors (Lipinski definition) is 0. The summed E-state index contributed by atoms with van der Waals surface area (Å²) in [4.78, 5) is 0. The summed E-state index contributed by atoms with van der Waals surface area (Å²) >= 11 is 0. The molecule has 0 aliphatic rings. The molecule has 0 aliphatic heterocycles. The molecule has 0 fully saturated rings. The number of nitrogens with zero attached hydrogens (tertiary/aromatic N) is 1. The number of benzene rings is 1. The standard InChI is InChI=1S/C12H12FN/c1-9-7-8-10(2)14(9)12-6-4-3-5-11(12)13/h3-8H,1-2H3. The van der Waals surface area contributed by atoms with E-state index in [1.54, 1.807) is 12.1 Å². The fourth-order valence-electron chi connectivity index (χ4n) is 1.68. The van der Waals surface area contributed by atoms with Gasteiger partial charge in [0.05, 0.1) is 5.69 Å². The zero-order chi connectivity index (χ0) is 10.1. The first-order chi connectivity index (χ1) is 6.70. The van der Waals surface area contributed by atoms with Crippen molar-refractivity contribution in [1.29, 1.82) is 0 Å². The average Bonchev–Trinajstić information content (AvgIpc) is 2.48. The number of rotatable bonds is 1. The van der Waals surface area contributed by atoms with E-state index in [1.807, 2.05) is 36.6 Å². The first-order valence-corrected chi connectivity index (χ1v) is 4.60. The Morgan fingerprint density at radius 2 is 1.50 bits per heavy atom. The SMILES string of the molecule is Cc1ccc(C)n1-c1ccccc1F.